The van der Waals surface area contributed by atoms with E-state index in [9.17, 15) is 0 Å². The van der Waals surface area contributed by atoms with Crippen LogP contribution in [-0.2, 0) is 5.41 Å². The quantitative estimate of drug-likeness (QED) is 0.206. The van der Waals surface area contributed by atoms with Crippen molar-refractivity contribution in [3.8, 4) is 0 Å². The molecular formula is C33H20BNS2. The van der Waals surface area contributed by atoms with Crippen molar-refractivity contribution in [2.75, 3.05) is 0 Å². The Morgan fingerprint density at radius 2 is 1.24 bits per heavy atom. The minimum absolute atomic E-state index is 0.0981. The van der Waals surface area contributed by atoms with Crippen LogP contribution in [0.1, 0.15) is 25.0 Å². The maximum Gasteiger partial charge on any atom is 0.247 e. The first-order valence-corrected chi connectivity index (χ1v) is 14.6. The van der Waals surface area contributed by atoms with E-state index in [0.717, 1.165) is 0 Å². The highest BCUT2D eigenvalue weighted by Crippen LogP contribution is 2.53. The predicted molar refractivity (Wildman–Crippen MR) is 159 cm³/mol. The van der Waals surface area contributed by atoms with Gasteiger partial charge >= 0.3 is 0 Å². The summed E-state index contributed by atoms with van der Waals surface area (Å²) in [6, 6.07) is 32.1. The molecule has 3 aliphatic rings. The van der Waals surface area contributed by atoms with E-state index in [4.69, 9.17) is 0 Å². The molecule has 7 aromatic rings. The van der Waals surface area contributed by atoms with Crippen LogP contribution in [0.2, 0.25) is 0 Å². The summed E-state index contributed by atoms with van der Waals surface area (Å²) in [6.45, 7) is 5.24. The summed E-state index contributed by atoms with van der Waals surface area (Å²) in [6.07, 6.45) is 0. The average Bonchev–Trinajstić information content (AvgIpc) is 3.43. The summed E-state index contributed by atoms with van der Waals surface area (Å²) in [5.41, 5.74) is 11.6. The fourth-order valence-corrected chi connectivity index (χ4v) is 10.5. The van der Waals surface area contributed by atoms with Crippen molar-refractivity contribution in [2.24, 2.45) is 0 Å². The number of hydrogen-bond acceptors (Lipinski definition) is 2. The Labute approximate surface area is 223 Å². The van der Waals surface area contributed by atoms with Crippen LogP contribution in [0.5, 0.6) is 0 Å². The molecule has 0 saturated carbocycles. The summed E-state index contributed by atoms with van der Waals surface area (Å²) in [7, 11) is 0. The van der Waals surface area contributed by atoms with E-state index in [1.54, 1.807) is 16.5 Å². The van der Waals surface area contributed by atoms with E-state index in [1.165, 1.54) is 68.7 Å². The third kappa shape index (κ3) is 2.04. The van der Waals surface area contributed by atoms with Crippen LogP contribution >= 0.6 is 23.5 Å². The smallest absolute Gasteiger partial charge is 0.247 e. The van der Waals surface area contributed by atoms with Crippen LogP contribution in [0.25, 0.3) is 38.1 Å². The number of rotatable bonds is 0. The van der Waals surface area contributed by atoms with Crippen molar-refractivity contribution < 1.29 is 0 Å². The Bertz CT molecular complexity index is 2190. The van der Waals surface area contributed by atoms with Gasteiger partial charge in [-0.05, 0) is 52.4 Å². The van der Waals surface area contributed by atoms with Crippen molar-refractivity contribution in [1.29, 1.82) is 0 Å². The lowest BCUT2D eigenvalue weighted by atomic mass is 9.31. The topological polar surface area (TPSA) is 4.41 Å². The fourth-order valence-electron chi connectivity index (χ4n) is 7.89. The second kappa shape index (κ2) is 6.20. The molecule has 10 rings (SSSR count). The molecule has 0 atom stereocenters. The Morgan fingerprint density at radius 1 is 0.622 bits per heavy atom. The lowest BCUT2D eigenvalue weighted by Gasteiger charge is -2.45. The highest BCUT2D eigenvalue weighted by molar-refractivity contribution is 8.01. The molecular weight excluding hydrogens is 485 g/mol. The second-order valence-corrected chi connectivity index (χ2v) is 13.4. The molecule has 0 amide bonds. The summed E-state index contributed by atoms with van der Waals surface area (Å²) < 4.78 is 2.55. The van der Waals surface area contributed by atoms with Crippen LogP contribution in [0.3, 0.4) is 0 Å². The van der Waals surface area contributed by atoms with Gasteiger partial charge in [-0.25, -0.2) is 0 Å². The first-order valence-electron chi connectivity index (χ1n) is 13.0. The zero-order valence-corrected chi connectivity index (χ0v) is 22.1. The normalized spacial score (nSPS) is 16.3. The fraction of sp³-hybridized carbons (Fsp3) is 0.0909. The summed E-state index contributed by atoms with van der Waals surface area (Å²) in [4.78, 5) is 5.77. The molecule has 0 bridgehead atoms. The molecule has 0 fully saturated rings. The van der Waals surface area contributed by atoms with E-state index in [1.807, 2.05) is 23.5 Å². The van der Waals surface area contributed by atoms with Gasteiger partial charge in [-0.3, -0.25) is 0 Å². The van der Waals surface area contributed by atoms with Crippen LogP contribution in [0.15, 0.2) is 105 Å². The minimum Gasteiger partial charge on any atom is -0.308 e. The first-order chi connectivity index (χ1) is 18.1. The van der Waals surface area contributed by atoms with Crippen molar-refractivity contribution in [3.05, 3.63) is 96.1 Å². The van der Waals surface area contributed by atoms with Crippen LogP contribution < -0.4 is 16.4 Å². The van der Waals surface area contributed by atoms with Gasteiger partial charge in [-0.1, -0.05) is 97.4 Å². The van der Waals surface area contributed by atoms with Gasteiger partial charge in [0.2, 0.25) is 6.71 Å². The molecule has 4 heteroatoms. The monoisotopic (exact) mass is 505 g/mol. The minimum atomic E-state index is -0.0981. The average molecular weight is 505 g/mol. The third-order valence-corrected chi connectivity index (χ3v) is 11.6. The molecule has 172 valence electrons. The summed E-state index contributed by atoms with van der Waals surface area (Å²) >= 11 is 3.98. The van der Waals surface area contributed by atoms with Gasteiger partial charge in [0.05, 0.1) is 16.6 Å². The summed E-state index contributed by atoms with van der Waals surface area (Å²) in [5.74, 6) is 0. The van der Waals surface area contributed by atoms with Gasteiger partial charge in [0.1, 0.15) is 0 Å². The summed E-state index contributed by atoms with van der Waals surface area (Å²) in [5, 5.41) is 5.66. The molecule has 3 aliphatic heterocycles. The van der Waals surface area contributed by atoms with E-state index in [2.05, 4.69) is 103 Å². The molecule has 0 aliphatic carbocycles. The van der Waals surface area contributed by atoms with Gasteiger partial charge in [0.25, 0.3) is 0 Å². The SMILES string of the molecule is CC1(C)c2cccc3c2B2c4c(cccc4Sc4c2c1c1c2ccccc2n2c5ccccc5c4c12)S3. The van der Waals surface area contributed by atoms with Gasteiger partial charge < -0.3 is 4.40 Å². The number of fused-ring (bicyclic) bond motifs is 8. The lowest BCUT2D eigenvalue weighted by molar-refractivity contribution is 0.649. The predicted octanol–water partition coefficient (Wildman–Crippen LogP) is 6.92. The molecule has 0 spiro atoms. The van der Waals surface area contributed by atoms with E-state index in [0.29, 0.717) is 6.71 Å². The molecule has 5 heterocycles. The van der Waals surface area contributed by atoms with Gasteiger partial charge in [-0.15, -0.1) is 0 Å². The Hall–Kier alpha value is -3.34. The van der Waals surface area contributed by atoms with Crippen LogP contribution in [0, 0.1) is 0 Å². The number of para-hydroxylation sites is 2. The van der Waals surface area contributed by atoms with Crippen LogP contribution in [-0.4, -0.2) is 11.1 Å². The van der Waals surface area contributed by atoms with E-state index >= 15 is 0 Å². The van der Waals surface area contributed by atoms with Gasteiger partial charge in [0.15, 0.2) is 0 Å². The Morgan fingerprint density at radius 3 is 2.00 bits per heavy atom. The molecule has 0 saturated heterocycles. The molecule has 0 radical (unpaired) electrons. The second-order valence-electron chi connectivity index (χ2n) is 11.2. The largest absolute Gasteiger partial charge is 0.308 e. The van der Waals surface area contributed by atoms with Crippen molar-refractivity contribution in [3.63, 3.8) is 0 Å². The maximum absolute atomic E-state index is 2.55. The molecule has 0 unspecified atom stereocenters. The highest BCUT2D eigenvalue weighted by atomic mass is 32.2. The number of benzene rings is 5. The molecule has 37 heavy (non-hydrogen) atoms. The van der Waals surface area contributed by atoms with Crippen molar-refractivity contribution in [1.82, 2.24) is 4.40 Å². The van der Waals surface area contributed by atoms with Crippen molar-refractivity contribution >= 4 is 84.7 Å². The van der Waals surface area contributed by atoms with Crippen LogP contribution in [0.4, 0.5) is 0 Å². The van der Waals surface area contributed by atoms with Gasteiger partial charge in [-0.2, -0.15) is 0 Å². The zero-order valence-electron chi connectivity index (χ0n) is 20.4. The maximum atomic E-state index is 2.55. The van der Waals surface area contributed by atoms with Crippen molar-refractivity contribution in [2.45, 2.75) is 38.8 Å². The first kappa shape index (κ1) is 19.7. The van der Waals surface area contributed by atoms with E-state index in [-0.39, 0.29) is 5.41 Å². The molecule has 5 aromatic carbocycles. The molecule has 0 N–H and O–H groups in total. The third-order valence-electron chi connectivity index (χ3n) is 9.21. The Kier molecular flexibility index (Phi) is 3.31. The zero-order chi connectivity index (χ0) is 24.2. The van der Waals surface area contributed by atoms with E-state index < -0.39 is 0 Å². The Balaban J connectivity index is 1.56. The number of hydrogen-bond donors (Lipinski definition) is 0. The molecule has 1 nitrogen and oxygen atoms in total. The van der Waals surface area contributed by atoms with Gasteiger partial charge in [0, 0.05) is 46.5 Å². The highest BCUT2D eigenvalue weighted by Gasteiger charge is 2.50. The number of nitrogens with zero attached hydrogens (tertiary/aromatic N) is 1. The number of aromatic nitrogens is 1. The standard InChI is InChI=1S/C33H20BNS2/c1-33(2)19-11-7-14-22-28(19)34-29-23(36-22)15-8-16-24(29)37-32-26-18-10-4-6-13-21(18)35-20-12-5-3-9-17(20)25(31(26)35)27(33)30(32)34/h3-16H,1-2H3. The molecule has 2 aromatic heterocycles. The lowest BCUT2D eigenvalue weighted by Crippen LogP contribution is -2.65.